The number of aromatic nitrogens is 1. The molecule has 5 heteroatoms. The summed E-state index contributed by atoms with van der Waals surface area (Å²) in [5, 5.41) is 0. The van der Waals surface area contributed by atoms with Gasteiger partial charge in [0.15, 0.2) is 0 Å². The van der Waals surface area contributed by atoms with Crippen LogP contribution in [-0.4, -0.2) is 47.2 Å². The minimum Gasteiger partial charge on any atom is -0.494 e. The normalized spacial score (nSPS) is 24.0. The molecule has 31 heavy (non-hydrogen) atoms. The molecule has 2 atom stereocenters. The first-order valence-corrected chi connectivity index (χ1v) is 12.1. The lowest BCUT2D eigenvalue weighted by Crippen LogP contribution is -2.47. The van der Waals surface area contributed by atoms with Crippen molar-refractivity contribution in [1.29, 1.82) is 0 Å². The zero-order valence-corrected chi connectivity index (χ0v) is 18.8. The Morgan fingerprint density at radius 1 is 0.903 bits per heavy atom. The van der Waals surface area contributed by atoms with E-state index in [2.05, 4.69) is 44.7 Å². The van der Waals surface area contributed by atoms with Crippen molar-refractivity contribution in [1.82, 2.24) is 14.4 Å². The van der Waals surface area contributed by atoms with Crippen molar-refractivity contribution in [2.24, 2.45) is 5.92 Å². The van der Waals surface area contributed by atoms with Crippen LogP contribution in [0.1, 0.15) is 55.3 Å². The highest BCUT2D eigenvalue weighted by atomic mass is 16.5. The van der Waals surface area contributed by atoms with Crippen molar-refractivity contribution in [2.45, 2.75) is 58.2 Å². The van der Waals surface area contributed by atoms with Gasteiger partial charge in [-0.05, 0) is 57.3 Å². The number of piperidine rings is 2. The average molecular weight is 422 g/mol. The summed E-state index contributed by atoms with van der Waals surface area (Å²) in [6, 6.07) is 12.8. The molecule has 2 saturated heterocycles. The predicted molar refractivity (Wildman–Crippen MR) is 124 cm³/mol. The van der Waals surface area contributed by atoms with Crippen molar-refractivity contribution in [3.05, 3.63) is 63.6 Å². The number of fused-ring (bicyclic) bond motifs is 4. The van der Waals surface area contributed by atoms with Crippen LogP contribution < -0.4 is 10.3 Å². The molecule has 0 aliphatic carbocycles. The monoisotopic (exact) mass is 421 g/mol. The van der Waals surface area contributed by atoms with Crippen molar-refractivity contribution in [3.8, 4) is 5.75 Å². The summed E-state index contributed by atoms with van der Waals surface area (Å²) in [4.78, 5) is 18.3. The van der Waals surface area contributed by atoms with E-state index < -0.39 is 0 Å². The Labute approximate surface area is 185 Å². The highest BCUT2D eigenvalue weighted by molar-refractivity contribution is 5.33. The molecule has 0 radical (unpaired) electrons. The Kier molecular flexibility index (Phi) is 6.15. The van der Waals surface area contributed by atoms with E-state index >= 15 is 0 Å². The van der Waals surface area contributed by atoms with Gasteiger partial charge in [-0.15, -0.1) is 0 Å². The molecule has 5 nitrogen and oxygen atoms in total. The fraction of sp³-hybridized carbons (Fsp3) is 0.577. The van der Waals surface area contributed by atoms with E-state index in [4.69, 9.17) is 4.74 Å². The highest BCUT2D eigenvalue weighted by Crippen LogP contribution is 2.36. The summed E-state index contributed by atoms with van der Waals surface area (Å²) in [5.74, 6) is 2.00. The van der Waals surface area contributed by atoms with E-state index in [0.717, 1.165) is 57.1 Å². The molecule has 1 aromatic carbocycles. The first kappa shape index (κ1) is 20.8. The van der Waals surface area contributed by atoms with Crippen LogP contribution in [0.3, 0.4) is 0 Å². The van der Waals surface area contributed by atoms with Crippen molar-refractivity contribution < 1.29 is 4.74 Å². The third-order valence-corrected chi connectivity index (χ3v) is 7.27. The zero-order valence-electron chi connectivity index (χ0n) is 18.8. The molecule has 3 aliphatic heterocycles. The Hall–Kier alpha value is -2.11. The molecule has 3 aliphatic rings. The van der Waals surface area contributed by atoms with Gasteiger partial charge in [0.2, 0.25) is 0 Å². The molecule has 4 heterocycles. The van der Waals surface area contributed by atoms with Crippen LogP contribution in [0.4, 0.5) is 0 Å². The van der Waals surface area contributed by atoms with E-state index in [1.165, 1.54) is 36.9 Å². The van der Waals surface area contributed by atoms with E-state index in [-0.39, 0.29) is 5.56 Å². The molecule has 0 saturated carbocycles. The Morgan fingerprint density at radius 2 is 1.71 bits per heavy atom. The number of nitrogens with zero attached hydrogens (tertiary/aromatic N) is 3. The molecular weight excluding hydrogens is 386 g/mol. The topological polar surface area (TPSA) is 37.7 Å². The van der Waals surface area contributed by atoms with Crippen LogP contribution in [-0.2, 0) is 19.6 Å². The van der Waals surface area contributed by atoms with Gasteiger partial charge in [-0.25, -0.2) is 0 Å². The molecule has 0 spiro atoms. The van der Waals surface area contributed by atoms with Gasteiger partial charge in [0, 0.05) is 55.5 Å². The van der Waals surface area contributed by atoms with Gasteiger partial charge in [-0.1, -0.05) is 30.7 Å². The first-order chi connectivity index (χ1) is 15.2. The number of likely N-dealkylation sites (tertiary alicyclic amines) is 2. The Bertz CT molecular complexity index is 963. The number of hydrogen-bond donors (Lipinski definition) is 0. The summed E-state index contributed by atoms with van der Waals surface area (Å²) < 4.78 is 7.96. The van der Waals surface area contributed by atoms with Gasteiger partial charge < -0.3 is 9.30 Å². The largest absolute Gasteiger partial charge is 0.494 e. The standard InChI is InChI=1S/C26H35N3O2/c1-2-31-25-9-5-4-8-21(25)17-28-15-20-14-23(19-28)24-11-10-22(26(30)29(24)16-20)18-27-12-6-3-7-13-27/h4-5,8-11,20,23H,2-3,6-7,12-19H2,1H3/t20-,23+/m0/s1. The Morgan fingerprint density at radius 3 is 2.55 bits per heavy atom. The Balaban J connectivity index is 1.32. The molecule has 0 amide bonds. The zero-order chi connectivity index (χ0) is 21.2. The average Bonchev–Trinajstić information content (AvgIpc) is 2.78. The van der Waals surface area contributed by atoms with Gasteiger partial charge in [0.05, 0.1) is 6.61 Å². The minimum absolute atomic E-state index is 0.257. The molecular formula is C26H35N3O2. The lowest BCUT2D eigenvalue weighted by Gasteiger charge is -2.43. The minimum atomic E-state index is 0.257. The summed E-state index contributed by atoms with van der Waals surface area (Å²) in [7, 11) is 0. The molecule has 5 rings (SSSR count). The molecule has 0 unspecified atom stereocenters. The first-order valence-electron chi connectivity index (χ1n) is 12.1. The van der Waals surface area contributed by atoms with Gasteiger partial charge in [-0.2, -0.15) is 0 Å². The fourth-order valence-corrected chi connectivity index (χ4v) is 5.87. The summed E-state index contributed by atoms with van der Waals surface area (Å²) in [5.41, 5.74) is 3.74. The smallest absolute Gasteiger partial charge is 0.255 e. The molecule has 1 aromatic heterocycles. The van der Waals surface area contributed by atoms with Crippen LogP contribution >= 0.6 is 0 Å². The van der Waals surface area contributed by atoms with Crippen molar-refractivity contribution >= 4 is 0 Å². The second-order valence-electron chi connectivity index (χ2n) is 9.57. The number of hydrogen-bond acceptors (Lipinski definition) is 4. The number of benzene rings is 1. The van der Waals surface area contributed by atoms with Crippen LogP contribution in [0.2, 0.25) is 0 Å². The molecule has 2 fully saturated rings. The third-order valence-electron chi connectivity index (χ3n) is 7.27. The second-order valence-corrected chi connectivity index (χ2v) is 9.57. The van der Waals surface area contributed by atoms with Crippen LogP contribution in [0.5, 0.6) is 5.75 Å². The highest BCUT2D eigenvalue weighted by Gasteiger charge is 2.35. The number of para-hydroxylation sites is 1. The van der Waals surface area contributed by atoms with E-state index in [1.807, 2.05) is 13.0 Å². The quantitative estimate of drug-likeness (QED) is 0.710. The predicted octanol–water partition coefficient (Wildman–Crippen LogP) is 3.85. The molecule has 0 N–H and O–H groups in total. The number of ether oxygens (including phenoxy) is 1. The van der Waals surface area contributed by atoms with Crippen molar-refractivity contribution in [2.75, 3.05) is 32.8 Å². The lowest BCUT2D eigenvalue weighted by molar-refractivity contribution is 0.113. The molecule has 166 valence electrons. The van der Waals surface area contributed by atoms with Crippen LogP contribution in [0.25, 0.3) is 0 Å². The van der Waals surface area contributed by atoms with Crippen LogP contribution in [0, 0.1) is 5.92 Å². The van der Waals surface area contributed by atoms with Gasteiger partial charge >= 0.3 is 0 Å². The maximum absolute atomic E-state index is 13.3. The number of pyridine rings is 1. The summed E-state index contributed by atoms with van der Waals surface area (Å²) >= 11 is 0. The maximum atomic E-state index is 13.3. The fourth-order valence-electron chi connectivity index (χ4n) is 5.87. The lowest BCUT2D eigenvalue weighted by atomic mass is 9.82. The van der Waals surface area contributed by atoms with Gasteiger partial charge in [0.25, 0.3) is 5.56 Å². The summed E-state index contributed by atoms with van der Waals surface area (Å²) in [6.45, 7) is 9.66. The molecule has 2 bridgehead atoms. The number of rotatable bonds is 6. The van der Waals surface area contributed by atoms with Gasteiger partial charge in [-0.3, -0.25) is 14.6 Å². The maximum Gasteiger partial charge on any atom is 0.255 e. The van der Waals surface area contributed by atoms with Crippen LogP contribution in [0.15, 0.2) is 41.2 Å². The summed E-state index contributed by atoms with van der Waals surface area (Å²) in [6.07, 6.45) is 5.06. The molecule has 2 aromatic rings. The van der Waals surface area contributed by atoms with E-state index in [9.17, 15) is 4.79 Å². The third kappa shape index (κ3) is 4.44. The second kappa shape index (κ2) is 9.17. The van der Waals surface area contributed by atoms with E-state index in [0.29, 0.717) is 18.4 Å². The SMILES string of the molecule is CCOc1ccccc1CN1C[C@@H]2C[C@H](C1)c1ccc(CN3CCCCC3)c(=O)n1C2. The van der Waals surface area contributed by atoms with E-state index in [1.54, 1.807) is 0 Å². The van der Waals surface area contributed by atoms with Gasteiger partial charge in [0.1, 0.15) is 5.75 Å². The van der Waals surface area contributed by atoms with Crippen molar-refractivity contribution in [3.63, 3.8) is 0 Å².